The summed E-state index contributed by atoms with van der Waals surface area (Å²) in [6, 6.07) is 0. The van der Waals surface area contributed by atoms with Crippen LogP contribution < -0.4 is 0 Å². The van der Waals surface area contributed by atoms with E-state index in [0.29, 0.717) is 17.6 Å². The minimum atomic E-state index is -0.188. The molecule has 82 valence electrons. The molecule has 1 heteroatoms. The standard InChI is InChI=1S/C14H20O/c1-10-6-5-7-11-13(2,3)9-8-12(15)14(10,11)4/h5-6,8-11H,7H2,1-4H3/t10-,11-,14-/m1/s1. The van der Waals surface area contributed by atoms with E-state index in [4.69, 9.17) is 0 Å². The van der Waals surface area contributed by atoms with Crippen molar-refractivity contribution < 1.29 is 4.79 Å². The molecule has 0 N–H and O–H groups in total. The van der Waals surface area contributed by atoms with Crippen LogP contribution in [0, 0.1) is 22.7 Å². The first kappa shape index (κ1) is 10.7. The minimum absolute atomic E-state index is 0.141. The Morgan fingerprint density at radius 1 is 1.33 bits per heavy atom. The van der Waals surface area contributed by atoms with E-state index >= 15 is 0 Å². The Kier molecular flexibility index (Phi) is 2.18. The Balaban J connectivity index is 2.53. The van der Waals surface area contributed by atoms with Crippen molar-refractivity contribution in [3.05, 3.63) is 24.3 Å². The van der Waals surface area contributed by atoms with E-state index in [-0.39, 0.29) is 10.8 Å². The summed E-state index contributed by atoms with van der Waals surface area (Å²) >= 11 is 0. The molecule has 0 aromatic heterocycles. The third-order valence-corrected chi connectivity index (χ3v) is 4.56. The molecule has 2 aliphatic carbocycles. The number of ketones is 1. The third-order valence-electron chi connectivity index (χ3n) is 4.56. The van der Waals surface area contributed by atoms with Gasteiger partial charge < -0.3 is 0 Å². The molecule has 0 heterocycles. The molecule has 0 spiro atoms. The second kappa shape index (κ2) is 3.07. The Bertz CT molecular complexity index is 348. The van der Waals surface area contributed by atoms with Crippen molar-refractivity contribution in [2.45, 2.75) is 34.1 Å². The van der Waals surface area contributed by atoms with Crippen molar-refractivity contribution in [2.75, 3.05) is 0 Å². The van der Waals surface area contributed by atoms with Gasteiger partial charge in [0.2, 0.25) is 0 Å². The molecule has 0 saturated heterocycles. The monoisotopic (exact) mass is 204 g/mol. The molecule has 0 unspecified atom stereocenters. The molecule has 1 nitrogen and oxygen atoms in total. The molecule has 0 amide bonds. The van der Waals surface area contributed by atoms with Crippen molar-refractivity contribution in [2.24, 2.45) is 22.7 Å². The molecule has 2 rings (SSSR count). The fraction of sp³-hybridized carbons (Fsp3) is 0.643. The highest BCUT2D eigenvalue weighted by Crippen LogP contribution is 2.53. The van der Waals surface area contributed by atoms with Gasteiger partial charge >= 0.3 is 0 Å². The van der Waals surface area contributed by atoms with E-state index in [9.17, 15) is 4.79 Å². The molecule has 0 saturated carbocycles. The first-order valence-electron chi connectivity index (χ1n) is 5.79. The van der Waals surface area contributed by atoms with Crippen LogP contribution in [0.15, 0.2) is 24.3 Å². The Morgan fingerprint density at radius 3 is 2.60 bits per heavy atom. The molecule has 0 aromatic rings. The lowest BCUT2D eigenvalue weighted by Gasteiger charge is -2.50. The summed E-state index contributed by atoms with van der Waals surface area (Å²) in [6.07, 6.45) is 9.36. The minimum Gasteiger partial charge on any atom is -0.294 e. The number of allylic oxidation sites excluding steroid dienone is 4. The Labute approximate surface area is 92.3 Å². The second-order valence-electron chi connectivity index (χ2n) is 5.81. The smallest absolute Gasteiger partial charge is 0.162 e. The topological polar surface area (TPSA) is 17.1 Å². The Morgan fingerprint density at radius 2 is 2.00 bits per heavy atom. The van der Waals surface area contributed by atoms with E-state index in [1.807, 2.05) is 0 Å². The molecule has 0 aromatic carbocycles. The van der Waals surface area contributed by atoms with Gasteiger partial charge in [0.25, 0.3) is 0 Å². The van der Waals surface area contributed by atoms with Crippen LogP contribution in [0.1, 0.15) is 34.1 Å². The molecular weight excluding hydrogens is 184 g/mol. The van der Waals surface area contributed by atoms with E-state index in [1.54, 1.807) is 6.08 Å². The van der Waals surface area contributed by atoms with E-state index in [1.165, 1.54) is 0 Å². The van der Waals surface area contributed by atoms with Crippen LogP contribution >= 0.6 is 0 Å². The van der Waals surface area contributed by atoms with Gasteiger partial charge in [0.05, 0.1) is 0 Å². The number of hydrogen-bond acceptors (Lipinski definition) is 1. The summed E-state index contributed by atoms with van der Waals surface area (Å²) in [7, 11) is 0. The first-order chi connectivity index (χ1) is 6.89. The maximum absolute atomic E-state index is 12.1. The highest BCUT2D eigenvalue weighted by molar-refractivity contribution is 5.96. The largest absolute Gasteiger partial charge is 0.294 e. The molecule has 2 aliphatic rings. The number of carbonyl (C=O) groups is 1. The van der Waals surface area contributed by atoms with Gasteiger partial charge in [-0.1, -0.05) is 45.9 Å². The molecule has 3 atom stereocenters. The molecular formula is C14H20O. The number of fused-ring (bicyclic) bond motifs is 1. The number of hydrogen-bond donors (Lipinski definition) is 0. The van der Waals surface area contributed by atoms with Crippen LogP contribution in [-0.4, -0.2) is 5.78 Å². The predicted octanol–water partition coefficient (Wildman–Crippen LogP) is 3.37. The van der Waals surface area contributed by atoms with Gasteiger partial charge in [-0.2, -0.15) is 0 Å². The van der Waals surface area contributed by atoms with Gasteiger partial charge in [-0.15, -0.1) is 0 Å². The van der Waals surface area contributed by atoms with Gasteiger partial charge in [-0.25, -0.2) is 0 Å². The normalized spacial score (nSPS) is 42.8. The van der Waals surface area contributed by atoms with Crippen molar-refractivity contribution >= 4 is 5.78 Å². The Hall–Kier alpha value is -0.850. The van der Waals surface area contributed by atoms with E-state index in [2.05, 4.69) is 45.9 Å². The van der Waals surface area contributed by atoms with Crippen molar-refractivity contribution in [3.8, 4) is 0 Å². The first-order valence-corrected chi connectivity index (χ1v) is 5.79. The van der Waals surface area contributed by atoms with Crippen LogP contribution in [0.3, 0.4) is 0 Å². The second-order valence-corrected chi connectivity index (χ2v) is 5.81. The number of carbonyl (C=O) groups excluding carboxylic acids is 1. The average molecular weight is 204 g/mol. The maximum Gasteiger partial charge on any atom is 0.162 e. The summed E-state index contributed by atoms with van der Waals surface area (Å²) in [5.74, 6) is 1.11. The van der Waals surface area contributed by atoms with Crippen molar-refractivity contribution in [1.82, 2.24) is 0 Å². The molecule has 0 aliphatic heterocycles. The lowest BCUT2D eigenvalue weighted by Crippen LogP contribution is -2.49. The van der Waals surface area contributed by atoms with E-state index in [0.717, 1.165) is 6.42 Å². The zero-order valence-electron chi connectivity index (χ0n) is 10.1. The van der Waals surface area contributed by atoms with Crippen molar-refractivity contribution in [1.29, 1.82) is 0 Å². The zero-order chi connectivity index (χ0) is 11.3. The molecule has 15 heavy (non-hydrogen) atoms. The summed E-state index contributed by atoms with van der Waals surface area (Å²) in [6.45, 7) is 8.78. The van der Waals surface area contributed by atoms with Crippen LogP contribution in [-0.2, 0) is 4.79 Å². The lowest BCUT2D eigenvalue weighted by atomic mass is 9.52. The highest BCUT2D eigenvalue weighted by atomic mass is 16.1. The number of rotatable bonds is 0. The van der Waals surface area contributed by atoms with Crippen LogP contribution in [0.2, 0.25) is 0 Å². The molecule has 0 bridgehead atoms. The lowest BCUT2D eigenvalue weighted by molar-refractivity contribution is -0.132. The quantitative estimate of drug-likeness (QED) is 0.553. The van der Waals surface area contributed by atoms with Crippen molar-refractivity contribution in [3.63, 3.8) is 0 Å². The van der Waals surface area contributed by atoms with Gasteiger partial charge in [0.1, 0.15) is 0 Å². The van der Waals surface area contributed by atoms with Gasteiger partial charge in [-0.05, 0) is 29.7 Å². The van der Waals surface area contributed by atoms with Crippen LogP contribution in [0.5, 0.6) is 0 Å². The maximum atomic E-state index is 12.1. The predicted molar refractivity (Wildman–Crippen MR) is 62.4 cm³/mol. The third kappa shape index (κ3) is 1.32. The summed E-state index contributed by atoms with van der Waals surface area (Å²) < 4.78 is 0. The van der Waals surface area contributed by atoms with Crippen LogP contribution in [0.4, 0.5) is 0 Å². The summed E-state index contributed by atoms with van der Waals surface area (Å²) in [4.78, 5) is 12.1. The summed E-state index contributed by atoms with van der Waals surface area (Å²) in [5.41, 5.74) is -0.0469. The molecule has 0 radical (unpaired) electrons. The summed E-state index contributed by atoms with van der Waals surface area (Å²) in [5, 5.41) is 0. The van der Waals surface area contributed by atoms with E-state index < -0.39 is 0 Å². The molecule has 0 fully saturated rings. The fourth-order valence-corrected chi connectivity index (χ4v) is 3.24. The van der Waals surface area contributed by atoms with Gasteiger partial charge in [0.15, 0.2) is 5.78 Å². The highest BCUT2D eigenvalue weighted by Gasteiger charge is 2.51. The van der Waals surface area contributed by atoms with Crippen LogP contribution in [0.25, 0.3) is 0 Å². The van der Waals surface area contributed by atoms with Gasteiger partial charge in [-0.3, -0.25) is 4.79 Å². The average Bonchev–Trinajstić information content (AvgIpc) is 2.16. The SMILES string of the molecule is C[C@@H]1C=CC[C@@H]2C(C)(C)C=CC(=O)[C@]12C. The fourth-order valence-electron chi connectivity index (χ4n) is 3.24. The zero-order valence-corrected chi connectivity index (χ0v) is 10.1. The van der Waals surface area contributed by atoms with Gasteiger partial charge in [0, 0.05) is 5.41 Å².